The van der Waals surface area contributed by atoms with Gasteiger partial charge in [-0.05, 0) is 0 Å². The fourth-order valence-corrected chi connectivity index (χ4v) is 6.36. The summed E-state index contributed by atoms with van der Waals surface area (Å²) in [6, 6.07) is 29.2. The SMILES string of the molecule is COC(=O)C[C@@H]([Se]c1ccccc1)[C@@H](OC[C@H](NC(=O)OC(C)(C)C)c1ccccc1)c1ccccc1. The molecule has 1 N–H and O–H groups in total. The summed E-state index contributed by atoms with van der Waals surface area (Å²) in [4.78, 5) is 25.0. The summed E-state index contributed by atoms with van der Waals surface area (Å²) >= 11 is -0.0726. The van der Waals surface area contributed by atoms with Crippen molar-refractivity contribution in [2.75, 3.05) is 13.7 Å². The first kappa shape index (κ1) is 28.5. The fourth-order valence-electron chi connectivity index (χ4n) is 3.75. The number of benzene rings is 3. The molecule has 0 aromatic heterocycles. The van der Waals surface area contributed by atoms with Crippen molar-refractivity contribution in [3.8, 4) is 0 Å². The van der Waals surface area contributed by atoms with Gasteiger partial charge in [0, 0.05) is 0 Å². The van der Waals surface area contributed by atoms with Crippen molar-refractivity contribution in [3.05, 3.63) is 102 Å². The quantitative estimate of drug-likeness (QED) is 0.248. The Morgan fingerprint density at radius 1 is 0.838 bits per heavy atom. The van der Waals surface area contributed by atoms with Crippen molar-refractivity contribution in [3.63, 3.8) is 0 Å². The first-order chi connectivity index (χ1) is 17.7. The second kappa shape index (κ2) is 14.0. The van der Waals surface area contributed by atoms with Crippen LogP contribution in [0.2, 0.25) is 4.82 Å². The second-order valence-electron chi connectivity index (χ2n) is 9.52. The van der Waals surface area contributed by atoms with E-state index in [1.807, 2.05) is 99.6 Å². The van der Waals surface area contributed by atoms with Gasteiger partial charge < -0.3 is 0 Å². The van der Waals surface area contributed by atoms with Crippen LogP contribution in [0, 0.1) is 0 Å². The van der Waals surface area contributed by atoms with E-state index in [0.717, 1.165) is 11.1 Å². The van der Waals surface area contributed by atoms with Gasteiger partial charge in [-0.25, -0.2) is 0 Å². The molecule has 37 heavy (non-hydrogen) atoms. The molecular weight excluding hydrogens is 533 g/mol. The van der Waals surface area contributed by atoms with Crippen LogP contribution < -0.4 is 9.78 Å². The Hall–Kier alpha value is -3.12. The number of nitrogens with one attached hydrogen (secondary N) is 1. The zero-order chi connectivity index (χ0) is 26.7. The molecule has 3 rings (SSSR count). The van der Waals surface area contributed by atoms with E-state index in [-0.39, 0.29) is 44.9 Å². The van der Waals surface area contributed by atoms with Gasteiger partial charge >= 0.3 is 226 Å². The van der Waals surface area contributed by atoms with Crippen LogP contribution in [0.4, 0.5) is 4.79 Å². The number of ether oxygens (including phenoxy) is 3. The summed E-state index contributed by atoms with van der Waals surface area (Å²) in [7, 11) is 1.41. The number of rotatable bonds is 11. The standard InChI is InChI=1S/C30H35NO5Se/c1-30(2,3)36-29(33)31-25(22-14-8-5-9-15-22)21-35-28(23-16-10-6-11-17-23)26(20-27(32)34-4)37-24-18-12-7-13-19-24/h5-19,25-26,28H,20-21H2,1-4H3,(H,31,33)/t25-,26+,28-/m0/s1. The molecule has 3 aromatic carbocycles. The summed E-state index contributed by atoms with van der Waals surface area (Å²) in [5.74, 6) is -0.279. The van der Waals surface area contributed by atoms with E-state index < -0.39 is 17.7 Å². The van der Waals surface area contributed by atoms with E-state index in [1.54, 1.807) is 0 Å². The molecule has 3 aromatic rings. The van der Waals surface area contributed by atoms with Gasteiger partial charge in [0.1, 0.15) is 0 Å². The Balaban J connectivity index is 1.89. The van der Waals surface area contributed by atoms with Gasteiger partial charge in [-0.15, -0.1) is 0 Å². The molecule has 0 aliphatic carbocycles. The van der Waals surface area contributed by atoms with E-state index in [0.29, 0.717) is 0 Å². The Bertz CT molecular complexity index is 1100. The number of methoxy groups -OCH3 is 1. The zero-order valence-electron chi connectivity index (χ0n) is 21.8. The van der Waals surface area contributed by atoms with Crippen LogP contribution in [0.15, 0.2) is 91.0 Å². The number of alkyl carbamates (subject to hydrolysis) is 1. The number of esters is 1. The molecule has 0 spiro atoms. The van der Waals surface area contributed by atoms with E-state index in [2.05, 4.69) is 17.4 Å². The summed E-state index contributed by atoms with van der Waals surface area (Å²) in [5.41, 5.74) is 1.25. The Labute approximate surface area is 225 Å². The fraction of sp³-hybridized carbons (Fsp3) is 0.333. The van der Waals surface area contributed by atoms with Crippen molar-refractivity contribution in [2.24, 2.45) is 0 Å². The van der Waals surface area contributed by atoms with Gasteiger partial charge in [-0.1, -0.05) is 0 Å². The number of hydrogen-bond acceptors (Lipinski definition) is 5. The predicted molar refractivity (Wildman–Crippen MR) is 146 cm³/mol. The second-order valence-corrected chi connectivity index (χ2v) is 12.3. The Morgan fingerprint density at radius 3 is 1.92 bits per heavy atom. The van der Waals surface area contributed by atoms with Gasteiger partial charge in [0.15, 0.2) is 0 Å². The molecular formula is C30H35NO5Se. The van der Waals surface area contributed by atoms with Crippen molar-refractivity contribution in [1.82, 2.24) is 5.32 Å². The van der Waals surface area contributed by atoms with Crippen LogP contribution in [0.5, 0.6) is 0 Å². The summed E-state index contributed by atoms with van der Waals surface area (Å²) in [6.07, 6.45) is -0.673. The Kier molecular flexibility index (Phi) is 10.8. The van der Waals surface area contributed by atoms with Gasteiger partial charge in [-0.2, -0.15) is 0 Å². The van der Waals surface area contributed by atoms with Gasteiger partial charge in [0.2, 0.25) is 0 Å². The predicted octanol–water partition coefficient (Wildman–Crippen LogP) is 5.39. The normalized spacial score (nSPS) is 13.7. The van der Waals surface area contributed by atoms with Gasteiger partial charge in [-0.3, -0.25) is 0 Å². The monoisotopic (exact) mass is 569 g/mol. The topological polar surface area (TPSA) is 73.9 Å². The molecule has 1 amide bonds. The maximum absolute atomic E-state index is 12.7. The number of amides is 1. The third kappa shape index (κ3) is 9.69. The first-order valence-corrected chi connectivity index (χ1v) is 14.1. The van der Waals surface area contributed by atoms with Crippen LogP contribution in [-0.2, 0) is 19.0 Å². The molecule has 0 aliphatic heterocycles. The van der Waals surface area contributed by atoms with Crippen molar-refractivity contribution >= 4 is 31.5 Å². The summed E-state index contributed by atoms with van der Waals surface area (Å²) in [6.45, 7) is 5.69. The minimum absolute atomic E-state index is 0.0726. The first-order valence-electron chi connectivity index (χ1n) is 12.2. The van der Waals surface area contributed by atoms with Crippen molar-refractivity contribution in [2.45, 2.75) is 49.8 Å². The summed E-state index contributed by atoms with van der Waals surface area (Å²) < 4.78 is 18.3. The molecule has 0 heterocycles. The molecule has 0 bridgehead atoms. The van der Waals surface area contributed by atoms with Crippen LogP contribution >= 0.6 is 0 Å². The summed E-state index contributed by atoms with van der Waals surface area (Å²) in [5, 5.41) is 2.96. The van der Waals surface area contributed by atoms with Crippen molar-refractivity contribution in [1.29, 1.82) is 0 Å². The molecule has 3 atom stereocenters. The van der Waals surface area contributed by atoms with Gasteiger partial charge in [0.05, 0.1) is 0 Å². The third-order valence-electron chi connectivity index (χ3n) is 5.43. The molecule has 0 unspecified atom stereocenters. The molecule has 0 saturated carbocycles. The van der Waals surface area contributed by atoms with Crippen molar-refractivity contribution < 1.29 is 23.8 Å². The number of carbonyl (C=O) groups excluding carboxylic acids is 2. The molecule has 0 aliphatic rings. The van der Waals surface area contributed by atoms with Crippen LogP contribution in [0.3, 0.4) is 0 Å². The van der Waals surface area contributed by atoms with Crippen LogP contribution in [-0.4, -0.2) is 46.3 Å². The molecule has 196 valence electrons. The number of hydrogen-bond donors (Lipinski definition) is 1. The molecule has 7 heteroatoms. The van der Waals surface area contributed by atoms with E-state index in [4.69, 9.17) is 14.2 Å². The zero-order valence-corrected chi connectivity index (χ0v) is 23.5. The van der Waals surface area contributed by atoms with Gasteiger partial charge in [0.25, 0.3) is 0 Å². The van der Waals surface area contributed by atoms with E-state index in [1.165, 1.54) is 11.6 Å². The average Bonchev–Trinajstić information content (AvgIpc) is 2.88. The minimum atomic E-state index is -0.622. The van der Waals surface area contributed by atoms with E-state index in [9.17, 15) is 9.59 Å². The third-order valence-corrected chi connectivity index (χ3v) is 8.07. The number of carbonyl (C=O) groups is 2. The van der Waals surface area contributed by atoms with E-state index >= 15 is 0 Å². The molecule has 0 saturated heterocycles. The molecule has 0 fully saturated rings. The molecule has 6 nitrogen and oxygen atoms in total. The average molecular weight is 569 g/mol. The molecule has 0 radical (unpaired) electrons. The maximum atomic E-state index is 12.7. The Morgan fingerprint density at radius 2 is 1.38 bits per heavy atom. The van der Waals surface area contributed by atoms with Crippen LogP contribution in [0.25, 0.3) is 0 Å². The van der Waals surface area contributed by atoms with Crippen LogP contribution in [0.1, 0.15) is 50.5 Å².